The average Bonchev–Trinajstić information content (AvgIpc) is 3.02. The summed E-state index contributed by atoms with van der Waals surface area (Å²) in [5.41, 5.74) is 0.576. The van der Waals surface area contributed by atoms with Crippen molar-refractivity contribution in [3.63, 3.8) is 0 Å². The van der Waals surface area contributed by atoms with Crippen LogP contribution in [-0.4, -0.2) is 76.2 Å². The Morgan fingerprint density at radius 3 is 1.91 bits per heavy atom. The van der Waals surface area contributed by atoms with Crippen molar-refractivity contribution in [2.24, 2.45) is 5.41 Å². The van der Waals surface area contributed by atoms with Gasteiger partial charge in [0.25, 0.3) is 0 Å². The second-order valence-corrected chi connectivity index (χ2v) is 10.7. The zero-order chi connectivity index (χ0) is 31.5. The van der Waals surface area contributed by atoms with Gasteiger partial charge in [-0.3, -0.25) is 19.2 Å². The molecular weight excluding hydrogens is 628 g/mol. The molecule has 0 radical (unpaired) electrons. The molecule has 11 nitrogen and oxygen atoms in total. The lowest BCUT2D eigenvalue weighted by Gasteiger charge is -2.32. The van der Waals surface area contributed by atoms with Gasteiger partial charge in [0.05, 0.1) is 58.5 Å². The highest BCUT2D eigenvalue weighted by molar-refractivity contribution is 9.10. The molecular formula is C31H39BrO11. The first-order valence-electron chi connectivity index (χ1n) is 13.8. The number of aliphatic hydroxyl groups excluding tert-OH is 1. The number of aryl methyl sites for hydroxylation is 1. The first kappa shape index (κ1) is 35.7. The number of methoxy groups -OCH3 is 2. The van der Waals surface area contributed by atoms with Crippen LogP contribution in [0.4, 0.5) is 0 Å². The van der Waals surface area contributed by atoms with Crippen molar-refractivity contribution in [1.82, 2.24) is 0 Å². The topological polar surface area (TPSA) is 144 Å². The highest BCUT2D eigenvalue weighted by Gasteiger charge is 2.36. The molecule has 0 saturated heterocycles. The van der Waals surface area contributed by atoms with Crippen molar-refractivity contribution < 1.29 is 52.7 Å². The van der Waals surface area contributed by atoms with E-state index in [0.717, 1.165) is 15.6 Å². The van der Waals surface area contributed by atoms with Crippen LogP contribution in [0.5, 0.6) is 5.75 Å². The minimum absolute atomic E-state index is 0.00622. The summed E-state index contributed by atoms with van der Waals surface area (Å²) in [5, 5.41) is 9.35. The van der Waals surface area contributed by atoms with Crippen LogP contribution >= 0.6 is 15.9 Å². The Labute approximate surface area is 259 Å². The Morgan fingerprint density at radius 1 is 0.767 bits per heavy atom. The molecule has 236 valence electrons. The molecule has 0 heterocycles. The highest BCUT2D eigenvalue weighted by atomic mass is 79.9. The number of halogens is 1. The van der Waals surface area contributed by atoms with Gasteiger partial charge in [0, 0.05) is 11.1 Å². The minimum Gasteiger partial charge on any atom is -0.492 e. The molecule has 0 unspecified atom stereocenters. The number of benzene rings is 2. The molecule has 0 aliphatic rings. The Morgan fingerprint density at radius 2 is 1.35 bits per heavy atom. The monoisotopic (exact) mass is 666 g/mol. The number of aliphatic hydroxyl groups is 1. The highest BCUT2D eigenvalue weighted by Crippen LogP contribution is 2.28. The average molecular weight is 668 g/mol. The maximum Gasteiger partial charge on any atom is 0.306 e. The summed E-state index contributed by atoms with van der Waals surface area (Å²) in [6.07, 6.45) is 0.357. The van der Waals surface area contributed by atoms with E-state index in [2.05, 4.69) is 25.4 Å². The lowest BCUT2D eigenvalue weighted by molar-refractivity contribution is -0.162. The molecule has 0 aromatic heterocycles. The number of esters is 4. The molecule has 0 amide bonds. The van der Waals surface area contributed by atoms with Gasteiger partial charge in [0.1, 0.15) is 25.6 Å². The van der Waals surface area contributed by atoms with Crippen LogP contribution < -0.4 is 4.74 Å². The van der Waals surface area contributed by atoms with E-state index in [1.165, 1.54) is 14.2 Å². The van der Waals surface area contributed by atoms with E-state index in [1.54, 1.807) is 6.07 Å². The van der Waals surface area contributed by atoms with Crippen LogP contribution in [-0.2, 0) is 55.9 Å². The first-order chi connectivity index (χ1) is 20.7. The maximum atomic E-state index is 12.5. The van der Waals surface area contributed by atoms with E-state index in [9.17, 15) is 24.3 Å². The van der Waals surface area contributed by atoms with Crippen LogP contribution in [0, 0.1) is 5.41 Å². The van der Waals surface area contributed by atoms with Gasteiger partial charge < -0.3 is 33.5 Å². The van der Waals surface area contributed by atoms with Gasteiger partial charge in [-0.25, -0.2) is 0 Å². The SMILES string of the molecule is COC(=O)CCC(=O)OCC(COCc1ccccc1)(COC(=O)CCC(=O)OC)COc1ccc(Br)cc1CCCO. The number of ether oxygens (including phenoxy) is 6. The Kier molecular flexibility index (Phi) is 16.3. The molecule has 43 heavy (non-hydrogen) atoms. The van der Waals surface area contributed by atoms with E-state index < -0.39 is 29.3 Å². The van der Waals surface area contributed by atoms with Crippen LogP contribution in [0.2, 0.25) is 0 Å². The molecule has 0 bridgehead atoms. The van der Waals surface area contributed by atoms with Crippen LogP contribution in [0.1, 0.15) is 43.2 Å². The quantitative estimate of drug-likeness (QED) is 0.162. The lowest BCUT2D eigenvalue weighted by Crippen LogP contribution is -2.44. The number of carbonyl (C=O) groups is 4. The maximum absolute atomic E-state index is 12.5. The summed E-state index contributed by atoms with van der Waals surface area (Å²) in [7, 11) is 2.46. The summed E-state index contributed by atoms with van der Waals surface area (Å²) in [5.74, 6) is -1.87. The van der Waals surface area contributed by atoms with Crippen molar-refractivity contribution in [2.75, 3.05) is 47.3 Å². The van der Waals surface area contributed by atoms with E-state index in [1.807, 2.05) is 42.5 Å². The number of hydrogen-bond donors (Lipinski definition) is 1. The van der Waals surface area contributed by atoms with Crippen LogP contribution in [0.3, 0.4) is 0 Å². The number of hydrogen-bond acceptors (Lipinski definition) is 11. The van der Waals surface area contributed by atoms with Gasteiger partial charge in [0.15, 0.2) is 0 Å². The van der Waals surface area contributed by atoms with Gasteiger partial charge in [0.2, 0.25) is 0 Å². The molecule has 0 aliphatic carbocycles. The third-order valence-electron chi connectivity index (χ3n) is 6.28. The van der Waals surface area contributed by atoms with Crippen LogP contribution in [0.15, 0.2) is 53.0 Å². The Hall–Kier alpha value is -3.48. The summed E-state index contributed by atoms with van der Waals surface area (Å²) in [6.45, 7) is -0.381. The lowest BCUT2D eigenvalue weighted by atomic mass is 9.92. The third kappa shape index (κ3) is 14.0. The molecule has 1 N–H and O–H groups in total. The molecule has 0 spiro atoms. The summed E-state index contributed by atoms with van der Waals surface area (Å²) >= 11 is 3.46. The van der Waals surface area contributed by atoms with Crippen molar-refractivity contribution in [3.8, 4) is 5.75 Å². The van der Waals surface area contributed by atoms with E-state index in [-0.39, 0.29) is 65.3 Å². The molecule has 0 saturated carbocycles. The van der Waals surface area contributed by atoms with Crippen molar-refractivity contribution in [2.45, 2.75) is 45.1 Å². The standard InChI is InChI=1S/C31H39BrO11/c1-38-27(34)12-14-29(36)42-21-31(19-40-18-23-7-4-3-5-8-23,22-43-30(37)15-13-28(35)39-2)20-41-26-11-10-25(32)17-24(26)9-6-16-33/h3-5,7-8,10-11,17,33H,6,9,12-16,18-22H2,1-2H3. The third-order valence-corrected chi connectivity index (χ3v) is 6.77. The molecule has 0 aliphatic heterocycles. The van der Waals surface area contributed by atoms with Crippen molar-refractivity contribution in [3.05, 3.63) is 64.1 Å². The van der Waals surface area contributed by atoms with Gasteiger partial charge in [-0.05, 0) is 42.2 Å². The Balaban J connectivity index is 2.29. The molecule has 12 heteroatoms. The fraction of sp³-hybridized carbons (Fsp3) is 0.484. The molecule has 2 rings (SSSR count). The fourth-order valence-electron chi connectivity index (χ4n) is 3.82. The number of rotatable bonds is 20. The van der Waals surface area contributed by atoms with Gasteiger partial charge in [-0.15, -0.1) is 0 Å². The summed E-state index contributed by atoms with van der Waals surface area (Å²) in [4.78, 5) is 48.1. The largest absolute Gasteiger partial charge is 0.492 e. The van der Waals surface area contributed by atoms with E-state index >= 15 is 0 Å². The summed E-state index contributed by atoms with van der Waals surface area (Å²) < 4.78 is 33.4. The minimum atomic E-state index is -1.17. The second-order valence-electron chi connectivity index (χ2n) is 9.82. The van der Waals surface area contributed by atoms with E-state index in [4.69, 9.17) is 18.9 Å². The van der Waals surface area contributed by atoms with Crippen LogP contribution in [0.25, 0.3) is 0 Å². The summed E-state index contributed by atoms with van der Waals surface area (Å²) in [6, 6.07) is 14.9. The molecule has 0 atom stereocenters. The van der Waals surface area contributed by atoms with Gasteiger partial charge >= 0.3 is 23.9 Å². The zero-order valence-electron chi connectivity index (χ0n) is 24.5. The first-order valence-corrected chi connectivity index (χ1v) is 14.6. The van der Waals surface area contributed by atoms with Crippen molar-refractivity contribution >= 4 is 39.8 Å². The van der Waals surface area contributed by atoms with E-state index in [0.29, 0.717) is 18.6 Å². The molecule has 2 aromatic carbocycles. The second kappa shape index (κ2) is 19.7. The van der Waals surface area contributed by atoms with Gasteiger partial charge in [-0.1, -0.05) is 46.3 Å². The Bertz CT molecular complexity index is 1130. The zero-order valence-corrected chi connectivity index (χ0v) is 26.1. The van der Waals surface area contributed by atoms with Gasteiger partial charge in [-0.2, -0.15) is 0 Å². The normalized spacial score (nSPS) is 11.0. The predicted molar refractivity (Wildman–Crippen MR) is 158 cm³/mol. The predicted octanol–water partition coefficient (Wildman–Crippen LogP) is 3.95. The molecule has 2 aromatic rings. The van der Waals surface area contributed by atoms with Crippen molar-refractivity contribution in [1.29, 1.82) is 0 Å². The fourth-order valence-corrected chi connectivity index (χ4v) is 4.23. The number of carbonyl (C=O) groups excluding carboxylic acids is 4. The smallest absolute Gasteiger partial charge is 0.306 e. The molecule has 0 fully saturated rings.